The number of hydrogen-bond donors (Lipinski definition) is 2. The molecule has 0 spiro atoms. The van der Waals surface area contributed by atoms with Gasteiger partial charge < -0.3 is 11.1 Å². The number of primary amides is 1. The maximum absolute atomic E-state index is 12.2. The number of carbonyl (C=O) groups is 1. The molecule has 1 aliphatic carbocycles. The van der Waals surface area contributed by atoms with E-state index in [1.54, 1.807) is 0 Å². The fourth-order valence-electron chi connectivity index (χ4n) is 4.36. The van der Waals surface area contributed by atoms with Gasteiger partial charge in [0.05, 0.1) is 0 Å². The van der Waals surface area contributed by atoms with Crippen LogP contribution in [0.3, 0.4) is 0 Å². The highest BCUT2D eigenvalue weighted by atomic mass is 16.1. The molecule has 0 unspecified atom stereocenters. The summed E-state index contributed by atoms with van der Waals surface area (Å²) < 4.78 is 0. The second kappa shape index (κ2) is 6.52. The van der Waals surface area contributed by atoms with Gasteiger partial charge in [0.25, 0.3) is 0 Å². The molecule has 1 amide bonds. The van der Waals surface area contributed by atoms with Crippen molar-refractivity contribution in [3.05, 3.63) is 65.7 Å². The fourth-order valence-corrected chi connectivity index (χ4v) is 4.36. The largest absolute Gasteiger partial charge is 0.371 e. The average molecular weight is 335 g/mol. The number of piperidine rings is 1. The van der Waals surface area contributed by atoms with Crippen LogP contribution in [0.15, 0.2) is 54.6 Å². The quantitative estimate of drug-likeness (QED) is 0.902. The molecule has 4 nitrogen and oxygen atoms in total. The zero-order valence-corrected chi connectivity index (χ0v) is 14.4. The molecule has 1 fully saturated rings. The molecule has 1 heterocycles. The van der Waals surface area contributed by atoms with E-state index in [0.717, 1.165) is 38.0 Å². The Labute approximate surface area is 149 Å². The number of hydrogen-bond acceptors (Lipinski definition) is 3. The standard InChI is InChI=1S/C21H25N3O/c22-20(25)21(23-17-7-2-1-3-8-17)12-14-24(15-13-21)19-11-10-16-6-4-5-9-18(16)19/h1-9,19,23H,10-15H2,(H2,22,25)/t19-/m1/s1. The van der Waals surface area contributed by atoms with Crippen molar-refractivity contribution in [2.24, 2.45) is 5.73 Å². The van der Waals surface area contributed by atoms with Crippen molar-refractivity contribution in [3.8, 4) is 0 Å². The molecule has 3 N–H and O–H groups in total. The Morgan fingerprint density at radius 1 is 1.04 bits per heavy atom. The fraction of sp³-hybridized carbons (Fsp3) is 0.381. The maximum atomic E-state index is 12.2. The first-order chi connectivity index (χ1) is 12.2. The molecular weight excluding hydrogens is 310 g/mol. The van der Waals surface area contributed by atoms with Crippen molar-refractivity contribution >= 4 is 11.6 Å². The zero-order valence-electron chi connectivity index (χ0n) is 14.4. The highest BCUT2D eigenvalue weighted by Crippen LogP contribution is 2.38. The summed E-state index contributed by atoms with van der Waals surface area (Å²) in [5, 5.41) is 3.42. The number of likely N-dealkylation sites (tertiary alicyclic amines) is 1. The Morgan fingerprint density at radius 2 is 1.72 bits per heavy atom. The van der Waals surface area contributed by atoms with Crippen LogP contribution in [0.5, 0.6) is 0 Å². The van der Waals surface area contributed by atoms with Crippen LogP contribution >= 0.6 is 0 Å². The number of anilines is 1. The van der Waals surface area contributed by atoms with Crippen LogP contribution in [-0.4, -0.2) is 29.4 Å². The number of rotatable bonds is 4. The predicted octanol–water partition coefficient (Wildman–Crippen LogP) is 3.11. The van der Waals surface area contributed by atoms with Crippen molar-refractivity contribution in [2.75, 3.05) is 18.4 Å². The van der Waals surface area contributed by atoms with Crippen LogP contribution in [0.2, 0.25) is 0 Å². The van der Waals surface area contributed by atoms with E-state index in [1.165, 1.54) is 17.5 Å². The molecule has 130 valence electrons. The average Bonchev–Trinajstić information content (AvgIpc) is 3.07. The molecule has 25 heavy (non-hydrogen) atoms. The van der Waals surface area contributed by atoms with Gasteiger partial charge in [-0.05, 0) is 48.9 Å². The van der Waals surface area contributed by atoms with E-state index >= 15 is 0 Å². The summed E-state index contributed by atoms with van der Waals surface area (Å²) in [4.78, 5) is 14.8. The van der Waals surface area contributed by atoms with Crippen LogP contribution in [0.25, 0.3) is 0 Å². The number of benzene rings is 2. The molecular formula is C21H25N3O. The van der Waals surface area contributed by atoms with Gasteiger partial charge in [-0.25, -0.2) is 0 Å². The Balaban J connectivity index is 1.49. The molecule has 0 aromatic heterocycles. The number of fused-ring (bicyclic) bond motifs is 1. The smallest absolute Gasteiger partial charge is 0.243 e. The SMILES string of the molecule is NC(=O)C1(Nc2ccccc2)CCN([C@@H]2CCc3ccccc32)CC1. The number of nitrogens with one attached hydrogen (secondary N) is 1. The van der Waals surface area contributed by atoms with E-state index in [0.29, 0.717) is 6.04 Å². The van der Waals surface area contributed by atoms with Crippen LogP contribution in [0, 0.1) is 0 Å². The molecule has 0 radical (unpaired) electrons. The van der Waals surface area contributed by atoms with Gasteiger partial charge in [0.2, 0.25) is 5.91 Å². The van der Waals surface area contributed by atoms with Crippen molar-refractivity contribution < 1.29 is 4.79 Å². The molecule has 2 aromatic carbocycles. The van der Waals surface area contributed by atoms with Gasteiger partial charge in [-0.3, -0.25) is 9.69 Å². The van der Waals surface area contributed by atoms with E-state index in [9.17, 15) is 4.79 Å². The summed E-state index contributed by atoms with van der Waals surface area (Å²) in [6, 6.07) is 19.1. The minimum atomic E-state index is -0.643. The first-order valence-corrected chi connectivity index (χ1v) is 9.13. The van der Waals surface area contributed by atoms with Crippen LogP contribution in [-0.2, 0) is 11.2 Å². The van der Waals surface area contributed by atoms with Crippen LogP contribution in [0.4, 0.5) is 5.69 Å². The molecule has 4 heteroatoms. The summed E-state index contributed by atoms with van der Waals surface area (Å²) in [6.07, 6.45) is 3.82. The van der Waals surface area contributed by atoms with Crippen LogP contribution in [0.1, 0.15) is 36.4 Å². The number of amides is 1. The topological polar surface area (TPSA) is 58.4 Å². The number of para-hydroxylation sites is 1. The third-order valence-electron chi connectivity index (χ3n) is 5.82. The van der Waals surface area contributed by atoms with Gasteiger partial charge in [0.15, 0.2) is 0 Å². The molecule has 0 bridgehead atoms. The first-order valence-electron chi connectivity index (χ1n) is 9.13. The lowest BCUT2D eigenvalue weighted by molar-refractivity contribution is -0.124. The lowest BCUT2D eigenvalue weighted by Gasteiger charge is -2.43. The molecule has 1 aliphatic heterocycles. The number of nitrogens with two attached hydrogens (primary N) is 1. The lowest BCUT2D eigenvalue weighted by atomic mass is 9.85. The third kappa shape index (κ3) is 3.02. The van der Waals surface area contributed by atoms with E-state index in [2.05, 4.69) is 34.5 Å². The summed E-state index contributed by atoms with van der Waals surface area (Å²) in [5.41, 5.74) is 9.06. The van der Waals surface area contributed by atoms with Gasteiger partial charge >= 0.3 is 0 Å². The van der Waals surface area contributed by atoms with E-state index in [-0.39, 0.29) is 5.91 Å². The summed E-state index contributed by atoms with van der Waals surface area (Å²) in [6.45, 7) is 1.78. The van der Waals surface area contributed by atoms with Gasteiger partial charge in [-0.15, -0.1) is 0 Å². The van der Waals surface area contributed by atoms with E-state index < -0.39 is 5.54 Å². The summed E-state index contributed by atoms with van der Waals surface area (Å²) in [7, 11) is 0. The Hall–Kier alpha value is -2.33. The predicted molar refractivity (Wildman–Crippen MR) is 100 cm³/mol. The van der Waals surface area contributed by atoms with Gasteiger partial charge in [0.1, 0.15) is 5.54 Å². The second-order valence-electron chi connectivity index (χ2n) is 7.23. The molecule has 1 saturated heterocycles. The zero-order chi connectivity index (χ0) is 17.3. The molecule has 1 atom stereocenters. The van der Waals surface area contributed by atoms with Crippen LogP contribution < -0.4 is 11.1 Å². The summed E-state index contributed by atoms with van der Waals surface area (Å²) >= 11 is 0. The second-order valence-corrected chi connectivity index (χ2v) is 7.23. The Kier molecular flexibility index (Phi) is 4.22. The minimum Gasteiger partial charge on any atom is -0.371 e. The molecule has 4 rings (SSSR count). The number of carbonyl (C=O) groups excluding carboxylic acids is 1. The summed E-state index contributed by atoms with van der Waals surface area (Å²) in [5.74, 6) is -0.247. The highest BCUT2D eigenvalue weighted by Gasteiger charge is 2.42. The first kappa shape index (κ1) is 16.2. The lowest BCUT2D eigenvalue weighted by Crippen LogP contribution is -2.57. The number of nitrogens with zero attached hydrogens (tertiary/aromatic N) is 1. The number of aryl methyl sites for hydroxylation is 1. The highest BCUT2D eigenvalue weighted by molar-refractivity contribution is 5.88. The van der Waals surface area contributed by atoms with Crippen molar-refractivity contribution in [2.45, 2.75) is 37.3 Å². The monoisotopic (exact) mass is 335 g/mol. The third-order valence-corrected chi connectivity index (χ3v) is 5.82. The van der Waals surface area contributed by atoms with E-state index in [1.807, 2.05) is 30.3 Å². The van der Waals surface area contributed by atoms with Gasteiger partial charge in [-0.2, -0.15) is 0 Å². The van der Waals surface area contributed by atoms with E-state index in [4.69, 9.17) is 5.73 Å². The Morgan fingerprint density at radius 3 is 2.44 bits per heavy atom. The van der Waals surface area contributed by atoms with Gasteiger partial charge in [0, 0.05) is 24.8 Å². The van der Waals surface area contributed by atoms with Crippen molar-refractivity contribution in [3.63, 3.8) is 0 Å². The van der Waals surface area contributed by atoms with Gasteiger partial charge in [-0.1, -0.05) is 42.5 Å². The maximum Gasteiger partial charge on any atom is 0.243 e. The molecule has 2 aromatic rings. The molecule has 2 aliphatic rings. The van der Waals surface area contributed by atoms with Crippen molar-refractivity contribution in [1.29, 1.82) is 0 Å². The minimum absolute atomic E-state index is 0.247. The Bertz CT molecular complexity index is 751. The normalized spacial score (nSPS) is 22.3. The van der Waals surface area contributed by atoms with Crippen molar-refractivity contribution in [1.82, 2.24) is 4.90 Å². The molecule has 0 saturated carbocycles.